The van der Waals surface area contributed by atoms with Crippen LogP contribution >= 0.6 is 0 Å². The molecule has 1 aromatic rings. The third kappa shape index (κ3) is 5.30. The summed E-state index contributed by atoms with van der Waals surface area (Å²) in [5, 5.41) is 0. The third-order valence-electron chi connectivity index (χ3n) is 2.02. The Bertz CT molecular complexity index is 344. The van der Waals surface area contributed by atoms with E-state index in [1.54, 1.807) is 6.08 Å². The molecule has 0 aliphatic carbocycles. The molecular formula is C15H22N+. The Balaban J connectivity index is 0.00000106. The van der Waals surface area contributed by atoms with E-state index in [0.717, 1.165) is 12.1 Å². The molecule has 0 amide bonds. The van der Waals surface area contributed by atoms with Gasteiger partial charge in [-0.2, -0.15) is 0 Å². The standard InChI is InChI=1S/C13H16N.C2H6/c1-4-6-13(5-2)11-14-9-7-12(3)8-10-14;1-2/h4-10H,1-2,11H2,3H3;1-2H3/q+1;/b13-6+;. The van der Waals surface area contributed by atoms with E-state index in [2.05, 4.69) is 49.2 Å². The molecule has 16 heavy (non-hydrogen) atoms. The van der Waals surface area contributed by atoms with Crippen LogP contribution in [0.25, 0.3) is 0 Å². The van der Waals surface area contributed by atoms with Gasteiger partial charge >= 0.3 is 0 Å². The van der Waals surface area contributed by atoms with E-state index in [1.807, 2.05) is 26.0 Å². The van der Waals surface area contributed by atoms with Crippen LogP contribution < -0.4 is 4.57 Å². The Kier molecular flexibility index (Phi) is 7.78. The first-order valence-electron chi connectivity index (χ1n) is 5.66. The first-order chi connectivity index (χ1) is 7.76. The monoisotopic (exact) mass is 216 g/mol. The number of pyridine rings is 1. The second-order valence-electron chi connectivity index (χ2n) is 3.23. The van der Waals surface area contributed by atoms with Crippen LogP contribution in [0.3, 0.4) is 0 Å². The Morgan fingerprint density at radius 3 is 2.25 bits per heavy atom. The molecular weight excluding hydrogens is 194 g/mol. The summed E-state index contributed by atoms with van der Waals surface area (Å²) in [5.74, 6) is 0. The molecule has 0 spiro atoms. The minimum absolute atomic E-state index is 0.843. The number of aryl methyl sites for hydroxylation is 1. The Morgan fingerprint density at radius 1 is 1.25 bits per heavy atom. The van der Waals surface area contributed by atoms with Crippen molar-refractivity contribution in [3.8, 4) is 0 Å². The van der Waals surface area contributed by atoms with Crippen molar-refractivity contribution in [1.29, 1.82) is 0 Å². The van der Waals surface area contributed by atoms with Crippen LogP contribution in [0.1, 0.15) is 19.4 Å². The second-order valence-corrected chi connectivity index (χ2v) is 3.23. The van der Waals surface area contributed by atoms with E-state index in [4.69, 9.17) is 0 Å². The molecule has 1 heterocycles. The summed E-state index contributed by atoms with van der Waals surface area (Å²) >= 11 is 0. The molecule has 0 radical (unpaired) electrons. The van der Waals surface area contributed by atoms with Crippen molar-refractivity contribution in [2.24, 2.45) is 0 Å². The van der Waals surface area contributed by atoms with Crippen molar-refractivity contribution in [1.82, 2.24) is 0 Å². The van der Waals surface area contributed by atoms with Crippen LogP contribution in [0.5, 0.6) is 0 Å². The molecule has 0 aliphatic heterocycles. The SMILES string of the molecule is C=C/C=C(\C=C)C[n+]1ccc(C)cc1.CC. The fourth-order valence-electron chi connectivity index (χ4n) is 1.18. The predicted octanol–water partition coefficient (Wildman–Crippen LogP) is 3.61. The lowest BCUT2D eigenvalue weighted by Gasteiger charge is -1.97. The average Bonchev–Trinajstić information content (AvgIpc) is 2.34. The van der Waals surface area contributed by atoms with E-state index < -0.39 is 0 Å². The number of rotatable bonds is 4. The lowest BCUT2D eigenvalue weighted by molar-refractivity contribution is -0.688. The Morgan fingerprint density at radius 2 is 1.81 bits per heavy atom. The molecule has 86 valence electrons. The van der Waals surface area contributed by atoms with Gasteiger partial charge in [-0.3, -0.25) is 0 Å². The van der Waals surface area contributed by atoms with Gasteiger partial charge in [-0.15, -0.1) is 0 Å². The second kappa shape index (κ2) is 8.66. The van der Waals surface area contributed by atoms with Crippen molar-refractivity contribution in [2.75, 3.05) is 0 Å². The van der Waals surface area contributed by atoms with Crippen molar-refractivity contribution in [3.05, 3.63) is 67.0 Å². The van der Waals surface area contributed by atoms with Gasteiger partial charge in [-0.25, -0.2) is 4.57 Å². The maximum absolute atomic E-state index is 3.76. The van der Waals surface area contributed by atoms with Crippen molar-refractivity contribution in [3.63, 3.8) is 0 Å². The molecule has 1 heteroatoms. The summed E-state index contributed by atoms with van der Waals surface area (Å²) in [6.07, 6.45) is 9.74. The number of hydrogen-bond donors (Lipinski definition) is 0. The van der Waals surface area contributed by atoms with Gasteiger partial charge in [0.25, 0.3) is 0 Å². The minimum Gasteiger partial charge on any atom is -0.201 e. The van der Waals surface area contributed by atoms with Gasteiger partial charge in [0.2, 0.25) is 0 Å². The molecule has 0 aromatic carbocycles. The molecule has 0 atom stereocenters. The zero-order chi connectivity index (χ0) is 12.4. The normalized spacial score (nSPS) is 10.1. The average molecular weight is 216 g/mol. The third-order valence-corrected chi connectivity index (χ3v) is 2.02. The molecule has 1 rings (SSSR count). The molecule has 0 fully saturated rings. The maximum Gasteiger partial charge on any atom is 0.173 e. The highest BCUT2D eigenvalue weighted by Crippen LogP contribution is 1.97. The van der Waals surface area contributed by atoms with Crippen LogP contribution in [0.2, 0.25) is 0 Å². The van der Waals surface area contributed by atoms with Gasteiger partial charge < -0.3 is 0 Å². The smallest absolute Gasteiger partial charge is 0.173 e. The van der Waals surface area contributed by atoms with E-state index in [-0.39, 0.29) is 0 Å². The molecule has 0 bridgehead atoms. The van der Waals surface area contributed by atoms with E-state index in [9.17, 15) is 0 Å². The predicted molar refractivity (Wildman–Crippen MR) is 71.2 cm³/mol. The Labute approximate surface area is 99.4 Å². The summed E-state index contributed by atoms with van der Waals surface area (Å²) in [6, 6.07) is 4.18. The molecule has 0 saturated heterocycles. The highest BCUT2D eigenvalue weighted by Gasteiger charge is 2.00. The summed E-state index contributed by atoms with van der Waals surface area (Å²) in [7, 11) is 0. The van der Waals surface area contributed by atoms with Gasteiger partial charge in [0.1, 0.15) is 0 Å². The van der Waals surface area contributed by atoms with E-state index >= 15 is 0 Å². The van der Waals surface area contributed by atoms with E-state index in [0.29, 0.717) is 0 Å². The molecule has 1 aromatic heterocycles. The van der Waals surface area contributed by atoms with Gasteiger partial charge in [-0.05, 0) is 12.5 Å². The van der Waals surface area contributed by atoms with Gasteiger partial charge in [0.05, 0.1) is 0 Å². The number of aromatic nitrogens is 1. The highest BCUT2D eigenvalue weighted by atomic mass is 14.9. The lowest BCUT2D eigenvalue weighted by atomic mass is 10.2. The fourth-order valence-corrected chi connectivity index (χ4v) is 1.18. The molecule has 0 saturated carbocycles. The minimum atomic E-state index is 0.843. The number of nitrogens with zero attached hydrogens (tertiary/aromatic N) is 1. The van der Waals surface area contributed by atoms with Gasteiger partial charge in [-0.1, -0.05) is 45.2 Å². The van der Waals surface area contributed by atoms with Crippen molar-refractivity contribution in [2.45, 2.75) is 27.3 Å². The zero-order valence-electron chi connectivity index (χ0n) is 10.6. The quantitative estimate of drug-likeness (QED) is 0.535. The van der Waals surface area contributed by atoms with Crippen LogP contribution in [0.15, 0.2) is 61.5 Å². The Hall–Kier alpha value is -1.63. The number of allylic oxidation sites excluding steroid dienone is 4. The molecule has 0 N–H and O–H groups in total. The number of hydrogen-bond acceptors (Lipinski definition) is 0. The first-order valence-corrected chi connectivity index (χ1v) is 5.66. The zero-order valence-corrected chi connectivity index (χ0v) is 10.6. The summed E-state index contributed by atoms with van der Waals surface area (Å²) in [5.41, 5.74) is 2.43. The summed E-state index contributed by atoms with van der Waals surface area (Å²) < 4.78 is 2.12. The first kappa shape index (κ1) is 14.4. The highest BCUT2D eigenvalue weighted by molar-refractivity contribution is 5.19. The van der Waals surface area contributed by atoms with Crippen LogP contribution in [-0.2, 0) is 6.54 Å². The van der Waals surface area contributed by atoms with Crippen LogP contribution in [-0.4, -0.2) is 0 Å². The summed E-state index contributed by atoms with van der Waals surface area (Å²) in [6.45, 7) is 14.4. The molecule has 1 nitrogen and oxygen atoms in total. The molecule has 0 aliphatic rings. The van der Waals surface area contributed by atoms with Gasteiger partial charge in [0.15, 0.2) is 18.9 Å². The summed E-state index contributed by atoms with van der Waals surface area (Å²) in [4.78, 5) is 0. The fraction of sp³-hybridized carbons (Fsp3) is 0.267. The van der Waals surface area contributed by atoms with Crippen molar-refractivity contribution >= 4 is 0 Å². The van der Waals surface area contributed by atoms with Crippen molar-refractivity contribution < 1.29 is 4.57 Å². The lowest BCUT2D eigenvalue weighted by Crippen LogP contribution is -2.33. The maximum atomic E-state index is 3.76. The van der Waals surface area contributed by atoms with Crippen LogP contribution in [0.4, 0.5) is 0 Å². The van der Waals surface area contributed by atoms with Crippen LogP contribution in [0, 0.1) is 6.92 Å². The van der Waals surface area contributed by atoms with E-state index in [1.165, 1.54) is 5.56 Å². The molecule has 0 unspecified atom stereocenters. The van der Waals surface area contributed by atoms with Gasteiger partial charge in [0, 0.05) is 17.7 Å². The topological polar surface area (TPSA) is 3.88 Å². The largest absolute Gasteiger partial charge is 0.201 e.